The zero-order valence-corrected chi connectivity index (χ0v) is 14.9. The van der Waals surface area contributed by atoms with Crippen LogP contribution in [0, 0.1) is 11.7 Å². The third-order valence-electron chi connectivity index (χ3n) is 5.97. The van der Waals surface area contributed by atoms with E-state index >= 15 is 0 Å². The van der Waals surface area contributed by atoms with E-state index < -0.39 is 11.5 Å². The summed E-state index contributed by atoms with van der Waals surface area (Å²) in [4.78, 5) is 28.2. The molecule has 0 unspecified atom stereocenters. The number of rotatable bonds is 5. The zero-order valence-electron chi connectivity index (χ0n) is 14.9. The van der Waals surface area contributed by atoms with Crippen molar-refractivity contribution in [2.75, 3.05) is 32.1 Å². The molecule has 1 aromatic rings. The summed E-state index contributed by atoms with van der Waals surface area (Å²) in [6.45, 7) is 1.82. The van der Waals surface area contributed by atoms with E-state index in [1.807, 2.05) is 0 Å². The zero-order chi connectivity index (χ0) is 18.3. The largest absolute Gasteiger partial charge is 0.385 e. The van der Waals surface area contributed by atoms with Gasteiger partial charge in [-0.25, -0.2) is 4.39 Å². The van der Waals surface area contributed by atoms with Gasteiger partial charge in [0.2, 0.25) is 11.8 Å². The minimum atomic E-state index is -1.09. The second-order valence-corrected chi connectivity index (χ2v) is 7.33. The van der Waals surface area contributed by atoms with Crippen LogP contribution in [0.1, 0.15) is 31.2 Å². The van der Waals surface area contributed by atoms with Crippen molar-refractivity contribution in [2.45, 2.75) is 37.3 Å². The molecule has 140 valence electrons. The van der Waals surface area contributed by atoms with Crippen LogP contribution in [0.4, 0.5) is 10.1 Å². The molecule has 0 saturated carbocycles. The second kappa shape index (κ2) is 6.63. The minimum absolute atomic E-state index is 0.136. The topological polar surface area (TPSA) is 70.7 Å². The molecule has 2 fully saturated rings. The first-order valence-electron chi connectivity index (χ1n) is 9.24. The van der Waals surface area contributed by atoms with Crippen LogP contribution in [0.25, 0.3) is 0 Å². The molecule has 6 nitrogen and oxygen atoms in total. The van der Waals surface area contributed by atoms with E-state index in [1.54, 1.807) is 13.2 Å². The fourth-order valence-corrected chi connectivity index (χ4v) is 4.95. The Labute approximate surface area is 152 Å². The van der Waals surface area contributed by atoms with E-state index in [9.17, 15) is 14.0 Å². The molecule has 1 spiro atoms. The van der Waals surface area contributed by atoms with Crippen LogP contribution in [0.2, 0.25) is 0 Å². The molecule has 0 radical (unpaired) electrons. The van der Waals surface area contributed by atoms with E-state index in [2.05, 4.69) is 15.5 Å². The highest BCUT2D eigenvalue weighted by Gasteiger charge is 2.65. The van der Waals surface area contributed by atoms with Crippen molar-refractivity contribution < 1.29 is 18.7 Å². The highest BCUT2D eigenvalue weighted by Crippen LogP contribution is 2.55. The van der Waals surface area contributed by atoms with Gasteiger partial charge < -0.3 is 15.4 Å². The van der Waals surface area contributed by atoms with Crippen molar-refractivity contribution in [3.8, 4) is 0 Å². The molecule has 7 heteroatoms. The van der Waals surface area contributed by atoms with Crippen LogP contribution in [-0.2, 0) is 19.9 Å². The number of methoxy groups -OCH3 is 1. The van der Waals surface area contributed by atoms with Gasteiger partial charge in [-0.2, -0.15) is 0 Å². The molecular formula is C19H24FN3O3. The molecule has 2 amide bonds. The lowest BCUT2D eigenvalue weighted by Gasteiger charge is -2.36. The number of anilines is 1. The number of halogens is 1. The molecule has 3 aliphatic heterocycles. The van der Waals surface area contributed by atoms with Crippen LogP contribution in [0.5, 0.6) is 0 Å². The SMILES string of the molecule is COCCCNC(=O)[C@H]1C[C@H]2CCCN2[C@@]12C(=O)Nc1ccc(F)cc12. The number of amides is 2. The molecule has 2 N–H and O–H groups in total. The van der Waals surface area contributed by atoms with Crippen LogP contribution in [0.15, 0.2) is 18.2 Å². The lowest BCUT2D eigenvalue weighted by molar-refractivity contribution is -0.137. The summed E-state index contributed by atoms with van der Waals surface area (Å²) >= 11 is 0. The van der Waals surface area contributed by atoms with Crippen LogP contribution in [-0.4, -0.2) is 49.6 Å². The first kappa shape index (κ1) is 17.4. The Kier molecular flexibility index (Phi) is 4.44. The Morgan fingerprint density at radius 1 is 1.50 bits per heavy atom. The molecule has 0 aromatic heterocycles. The molecule has 4 rings (SSSR count). The number of hydrogen-bond donors (Lipinski definition) is 2. The lowest BCUT2D eigenvalue weighted by atomic mass is 9.78. The quantitative estimate of drug-likeness (QED) is 0.782. The van der Waals surface area contributed by atoms with Gasteiger partial charge in [0.25, 0.3) is 0 Å². The standard InChI is InChI=1S/C19H24FN3O3/c1-26-9-3-7-21-17(24)15-11-13-4-2-8-23(13)19(15)14-10-12(20)5-6-16(14)22-18(19)25/h5-6,10,13,15H,2-4,7-9,11H2,1H3,(H,21,24)(H,22,25)/t13-,15-,19-/m1/s1. The summed E-state index contributed by atoms with van der Waals surface area (Å²) in [5.74, 6) is -1.25. The van der Waals surface area contributed by atoms with Gasteiger partial charge in [0.15, 0.2) is 0 Å². The third-order valence-corrected chi connectivity index (χ3v) is 5.97. The Hall–Kier alpha value is -1.99. The summed E-state index contributed by atoms with van der Waals surface area (Å²) < 4.78 is 19.0. The van der Waals surface area contributed by atoms with Crippen molar-refractivity contribution in [1.82, 2.24) is 10.2 Å². The van der Waals surface area contributed by atoms with Crippen LogP contribution in [0.3, 0.4) is 0 Å². The molecule has 0 bridgehead atoms. The maximum Gasteiger partial charge on any atom is 0.250 e. The van der Waals surface area contributed by atoms with Crippen molar-refractivity contribution in [3.05, 3.63) is 29.6 Å². The number of benzene rings is 1. The molecular weight excluding hydrogens is 337 g/mol. The Morgan fingerprint density at radius 2 is 2.35 bits per heavy atom. The van der Waals surface area contributed by atoms with Crippen molar-refractivity contribution in [1.29, 1.82) is 0 Å². The van der Waals surface area contributed by atoms with E-state index in [1.165, 1.54) is 12.1 Å². The monoisotopic (exact) mass is 361 g/mol. The fourth-order valence-electron chi connectivity index (χ4n) is 4.95. The van der Waals surface area contributed by atoms with Gasteiger partial charge in [0, 0.05) is 37.6 Å². The number of nitrogens with zero attached hydrogens (tertiary/aromatic N) is 1. The van der Waals surface area contributed by atoms with Gasteiger partial charge in [0.05, 0.1) is 5.92 Å². The van der Waals surface area contributed by atoms with E-state index in [4.69, 9.17) is 4.74 Å². The van der Waals surface area contributed by atoms with Crippen molar-refractivity contribution in [2.24, 2.45) is 5.92 Å². The minimum Gasteiger partial charge on any atom is -0.385 e. The number of ether oxygens (including phenoxy) is 1. The number of fused-ring (bicyclic) bond motifs is 4. The average Bonchev–Trinajstić information content (AvgIpc) is 3.27. The van der Waals surface area contributed by atoms with Gasteiger partial charge in [-0.15, -0.1) is 0 Å². The molecule has 3 aliphatic rings. The molecule has 3 atom stereocenters. The summed E-state index contributed by atoms with van der Waals surface area (Å²) in [5, 5.41) is 5.83. The van der Waals surface area contributed by atoms with Crippen molar-refractivity contribution >= 4 is 17.5 Å². The van der Waals surface area contributed by atoms with Crippen LogP contribution >= 0.6 is 0 Å². The van der Waals surface area contributed by atoms with Gasteiger partial charge in [-0.05, 0) is 50.4 Å². The van der Waals surface area contributed by atoms with E-state index in [-0.39, 0.29) is 23.7 Å². The summed E-state index contributed by atoms with van der Waals surface area (Å²) in [6, 6.07) is 4.53. The number of hydrogen-bond acceptors (Lipinski definition) is 4. The Balaban J connectivity index is 1.70. The predicted octanol–water partition coefficient (Wildman–Crippen LogP) is 1.61. The van der Waals surface area contributed by atoms with E-state index in [0.717, 1.165) is 19.4 Å². The summed E-state index contributed by atoms with van der Waals surface area (Å²) in [7, 11) is 1.62. The first-order chi connectivity index (χ1) is 12.6. The van der Waals surface area contributed by atoms with Gasteiger partial charge in [-0.3, -0.25) is 14.5 Å². The van der Waals surface area contributed by atoms with Crippen LogP contribution < -0.4 is 10.6 Å². The molecule has 26 heavy (non-hydrogen) atoms. The lowest BCUT2D eigenvalue weighted by Crippen LogP contribution is -2.54. The molecule has 1 aromatic carbocycles. The highest BCUT2D eigenvalue weighted by atomic mass is 19.1. The third kappa shape index (κ3) is 2.45. The maximum atomic E-state index is 14.0. The first-order valence-corrected chi connectivity index (χ1v) is 9.24. The normalized spacial score (nSPS) is 29.7. The Bertz CT molecular complexity index is 741. The summed E-state index contributed by atoms with van der Waals surface area (Å²) in [5.41, 5.74) is 0.120. The summed E-state index contributed by atoms with van der Waals surface area (Å²) in [6.07, 6.45) is 3.30. The Morgan fingerprint density at radius 3 is 3.15 bits per heavy atom. The predicted molar refractivity (Wildman–Crippen MR) is 94.0 cm³/mol. The second-order valence-electron chi connectivity index (χ2n) is 7.33. The maximum absolute atomic E-state index is 14.0. The fraction of sp³-hybridized carbons (Fsp3) is 0.579. The molecule has 0 aliphatic carbocycles. The number of nitrogens with one attached hydrogen (secondary N) is 2. The number of carbonyl (C=O) groups is 2. The van der Waals surface area contributed by atoms with Gasteiger partial charge in [0.1, 0.15) is 11.4 Å². The smallest absolute Gasteiger partial charge is 0.250 e. The van der Waals surface area contributed by atoms with Crippen molar-refractivity contribution in [3.63, 3.8) is 0 Å². The number of carbonyl (C=O) groups excluding carboxylic acids is 2. The van der Waals surface area contributed by atoms with E-state index in [0.29, 0.717) is 37.2 Å². The molecule has 2 saturated heterocycles. The highest BCUT2D eigenvalue weighted by molar-refractivity contribution is 6.09. The van der Waals surface area contributed by atoms with Gasteiger partial charge >= 0.3 is 0 Å². The average molecular weight is 361 g/mol. The molecule has 3 heterocycles. The van der Waals surface area contributed by atoms with Gasteiger partial charge in [-0.1, -0.05) is 0 Å².